The molecule has 0 spiro atoms. The van der Waals surface area contributed by atoms with Gasteiger partial charge in [0.05, 0.1) is 0 Å². The van der Waals surface area contributed by atoms with E-state index in [0.29, 0.717) is 0 Å². The first-order valence-electron chi connectivity index (χ1n) is 5.28. The molecule has 2 heteroatoms. The third kappa shape index (κ3) is 1.04. The highest BCUT2D eigenvalue weighted by Gasteiger charge is 2.64. The average molecular weight is 252 g/mol. The second-order valence-corrected chi connectivity index (χ2v) is 5.50. The van der Waals surface area contributed by atoms with Crippen LogP contribution in [0.15, 0.2) is 28.7 Å². The highest BCUT2D eigenvalue weighted by molar-refractivity contribution is 9.10. The van der Waals surface area contributed by atoms with E-state index < -0.39 is 0 Å². The molecule has 0 amide bonds. The van der Waals surface area contributed by atoms with Crippen LogP contribution in [-0.2, 0) is 5.54 Å². The van der Waals surface area contributed by atoms with Gasteiger partial charge in [0.1, 0.15) is 0 Å². The predicted molar refractivity (Wildman–Crippen MR) is 60.8 cm³/mol. The molecule has 0 radical (unpaired) electrons. The maximum absolute atomic E-state index is 6.47. The first-order chi connectivity index (χ1) is 6.73. The third-order valence-electron chi connectivity index (χ3n) is 3.96. The monoisotopic (exact) mass is 251 g/mol. The lowest BCUT2D eigenvalue weighted by atomic mass is 9.97. The standard InChI is InChI=1S/C12H14BrN/c13-9-4-1-3-8(7-9)12(14)10-5-2-6-11(10)12/h1,3-4,7,10-11H,2,5-6,14H2. The van der Waals surface area contributed by atoms with Crippen molar-refractivity contribution in [3.63, 3.8) is 0 Å². The molecule has 2 aliphatic rings. The van der Waals surface area contributed by atoms with Crippen LogP contribution in [-0.4, -0.2) is 0 Å². The molecule has 1 nitrogen and oxygen atoms in total. The lowest BCUT2D eigenvalue weighted by molar-refractivity contribution is 0.526. The fraction of sp³-hybridized carbons (Fsp3) is 0.500. The first kappa shape index (κ1) is 8.93. The number of fused-ring (bicyclic) bond motifs is 1. The second-order valence-electron chi connectivity index (χ2n) is 4.59. The molecular weight excluding hydrogens is 238 g/mol. The van der Waals surface area contributed by atoms with Gasteiger partial charge in [0, 0.05) is 10.0 Å². The molecular formula is C12H14BrN. The van der Waals surface area contributed by atoms with E-state index in [1.165, 1.54) is 24.8 Å². The molecule has 0 heterocycles. The molecule has 74 valence electrons. The van der Waals surface area contributed by atoms with Crippen LogP contribution in [0.1, 0.15) is 24.8 Å². The van der Waals surface area contributed by atoms with Crippen LogP contribution in [0, 0.1) is 11.8 Å². The molecule has 1 aromatic carbocycles. The van der Waals surface area contributed by atoms with E-state index in [2.05, 4.69) is 40.2 Å². The van der Waals surface area contributed by atoms with E-state index in [1.54, 1.807) is 0 Å². The summed E-state index contributed by atoms with van der Waals surface area (Å²) in [6.07, 6.45) is 4.03. The molecule has 0 aromatic heterocycles. The molecule has 14 heavy (non-hydrogen) atoms. The van der Waals surface area contributed by atoms with Crippen molar-refractivity contribution in [3.8, 4) is 0 Å². The maximum atomic E-state index is 6.47. The zero-order valence-electron chi connectivity index (χ0n) is 8.04. The number of rotatable bonds is 1. The Labute approximate surface area is 92.8 Å². The Morgan fingerprint density at radius 2 is 2.00 bits per heavy atom. The molecule has 2 saturated carbocycles. The van der Waals surface area contributed by atoms with Crippen LogP contribution in [0.3, 0.4) is 0 Å². The van der Waals surface area contributed by atoms with E-state index in [1.807, 2.05) is 0 Å². The van der Waals surface area contributed by atoms with Gasteiger partial charge in [-0.05, 0) is 42.4 Å². The van der Waals surface area contributed by atoms with E-state index in [-0.39, 0.29) is 5.54 Å². The fourth-order valence-electron chi connectivity index (χ4n) is 3.19. The highest BCUT2D eigenvalue weighted by atomic mass is 79.9. The van der Waals surface area contributed by atoms with Crippen molar-refractivity contribution in [2.45, 2.75) is 24.8 Å². The largest absolute Gasteiger partial charge is 0.321 e. The Balaban J connectivity index is 1.97. The SMILES string of the molecule is NC1(c2cccc(Br)c2)C2CCCC21. The molecule has 0 bridgehead atoms. The van der Waals surface area contributed by atoms with Crippen molar-refractivity contribution >= 4 is 15.9 Å². The average Bonchev–Trinajstić information content (AvgIpc) is 2.62. The van der Waals surface area contributed by atoms with E-state index >= 15 is 0 Å². The highest BCUT2D eigenvalue weighted by Crippen LogP contribution is 2.64. The van der Waals surface area contributed by atoms with Crippen LogP contribution in [0.5, 0.6) is 0 Å². The van der Waals surface area contributed by atoms with Gasteiger partial charge >= 0.3 is 0 Å². The summed E-state index contributed by atoms with van der Waals surface area (Å²) in [4.78, 5) is 0. The maximum Gasteiger partial charge on any atom is 0.0474 e. The Kier molecular flexibility index (Phi) is 1.80. The molecule has 3 rings (SSSR count). The van der Waals surface area contributed by atoms with Crippen molar-refractivity contribution in [3.05, 3.63) is 34.3 Å². The number of hydrogen-bond donors (Lipinski definition) is 1. The zero-order chi connectivity index (χ0) is 9.76. The van der Waals surface area contributed by atoms with Gasteiger partial charge < -0.3 is 5.73 Å². The normalized spacial score (nSPS) is 39.6. The molecule has 1 aromatic rings. The first-order valence-corrected chi connectivity index (χ1v) is 6.07. The van der Waals surface area contributed by atoms with Crippen LogP contribution < -0.4 is 5.73 Å². The Morgan fingerprint density at radius 1 is 1.29 bits per heavy atom. The molecule has 2 atom stereocenters. The minimum absolute atomic E-state index is 0.0159. The van der Waals surface area contributed by atoms with Crippen molar-refractivity contribution < 1.29 is 0 Å². The predicted octanol–water partition coefficient (Wildman–Crippen LogP) is 3.03. The van der Waals surface area contributed by atoms with E-state index in [9.17, 15) is 0 Å². The molecule has 2 fully saturated rings. The topological polar surface area (TPSA) is 26.0 Å². The smallest absolute Gasteiger partial charge is 0.0474 e. The molecule has 0 aliphatic heterocycles. The number of halogens is 1. The van der Waals surface area contributed by atoms with Gasteiger partial charge in [-0.15, -0.1) is 0 Å². The molecule has 2 aliphatic carbocycles. The summed E-state index contributed by atoms with van der Waals surface area (Å²) in [5.41, 5.74) is 7.80. The summed E-state index contributed by atoms with van der Waals surface area (Å²) in [5, 5.41) is 0. The Hall–Kier alpha value is -0.340. The van der Waals surface area contributed by atoms with Crippen LogP contribution in [0.4, 0.5) is 0 Å². The van der Waals surface area contributed by atoms with Crippen molar-refractivity contribution in [1.29, 1.82) is 0 Å². The quantitative estimate of drug-likeness (QED) is 0.816. The summed E-state index contributed by atoms with van der Waals surface area (Å²) >= 11 is 3.51. The molecule has 2 N–H and O–H groups in total. The van der Waals surface area contributed by atoms with Crippen molar-refractivity contribution in [1.82, 2.24) is 0 Å². The van der Waals surface area contributed by atoms with Gasteiger partial charge in [-0.2, -0.15) is 0 Å². The minimum atomic E-state index is 0.0159. The van der Waals surface area contributed by atoms with Crippen LogP contribution in [0.2, 0.25) is 0 Å². The summed E-state index contributed by atoms with van der Waals surface area (Å²) in [5.74, 6) is 1.52. The van der Waals surface area contributed by atoms with Gasteiger partial charge in [0.25, 0.3) is 0 Å². The summed E-state index contributed by atoms with van der Waals surface area (Å²) in [6, 6.07) is 8.49. The lowest BCUT2D eigenvalue weighted by Gasteiger charge is -2.16. The summed E-state index contributed by atoms with van der Waals surface area (Å²) < 4.78 is 1.14. The van der Waals surface area contributed by atoms with Gasteiger partial charge in [0.15, 0.2) is 0 Å². The number of nitrogens with two attached hydrogens (primary N) is 1. The number of hydrogen-bond acceptors (Lipinski definition) is 1. The van der Waals surface area contributed by atoms with Crippen molar-refractivity contribution in [2.24, 2.45) is 17.6 Å². The van der Waals surface area contributed by atoms with E-state index in [0.717, 1.165) is 16.3 Å². The molecule has 2 unspecified atom stereocenters. The minimum Gasteiger partial charge on any atom is -0.321 e. The summed E-state index contributed by atoms with van der Waals surface area (Å²) in [6.45, 7) is 0. The van der Waals surface area contributed by atoms with Crippen LogP contribution in [0.25, 0.3) is 0 Å². The lowest BCUT2D eigenvalue weighted by Crippen LogP contribution is -2.25. The molecule has 0 saturated heterocycles. The second kappa shape index (κ2) is 2.83. The van der Waals surface area contributed by atoms with Gasteiger partial charge in [0.2, 0.25) is 0 Å². The Bertz CT molecular complexity index is 364. The fourth-order valence-corrected chi connectivity index (χ4v) is 3.59. The summed E-state index contributed by atoms with van der Waals surface area (Å²) in [7, 11) is 0. The van der Waals surface area contributed by atoms with Crippen molar-refractivity contribution in [2.75, 3.05) is 0 Å². The van der Waals surface area contributed by atoms with Gasteiger partial charge in [-0.25, -0.2) is 0 Å². The zero-order valence-corrected chi connectivity index (χ0v) is 9.63. The number of benzene rings is 1. The Morgan fingerprint density at radius 3 is 2.64 bits per heavy atom. The van der Waals surface area contributed by atoms with E-state index in [4.69, 9.17) is 5.73 Å². The van der Waals surface area contributed by atoms with Gasteiger partial charge in [-0.1, -0.05) is 34.5 Å². The third-order valence-corrected chi connectivity index (χ3v) is 4.45. The van der Waals surface area contributed by atoms with Gasteiger partial charge in [-0.3, -0.25) is 0 Å². The van der Waals surface area contributed by atoms with Crippen LogP contribution >= 0.6 is 15.9 Å².